The predicted octanol–water partition coefficient (Wildman–Crippen LogP) is 2.54. The topological polar surface area (TPSA) is 55.4 Å². The molecule has 1 fully saturated rings. The van der Waals surface area contributed by atoms with Gasteiger partial charge in [-0.2, -0.15) is 0 Å². The summed E-state index contributed by atoms with van der Waals surface area (Å²) in [6.07, 6.45) is 0.690. The van der Waals surface area contributed by atoms with E-state index >= 15 is 0 Å². The van der Waals surface area contributed by atoms with E-state index in [1.807, 2.05) is 54.6 Å². The van der Waals surface area contributed by atoms with E-state index < -0.39 is 9.84 Å². The fourth-order valence-corrected chi connectivity index (χ4v) is 4.44. The lowest BCUT2D eigenvalue weighted by molar-refractivity contribution is 0.301. The summed E-state index contributed by atoms with van der Waals surface area (Å²) in [5.41, 5.74) is 2.17. The standard InChI is InChI=1S/C18H21NO3S/c20-23(21)11-10-17(14-23)19-12-16-8-4-5-9-18(16)22-13-15-6-2-1-3-7-15/h1-9,17,19H,10-14H2/t17-/m1/s1. The van der Waals surface area contributed by atoms with Gasteiger partial charge in [-0.3, -0.25) is 0 Å². The summed E-state index contributed by atoms with van der Waals surface area (Å²) in [6.45, 7) is 1.14. The van der Waals surface area contributed by atoms with E-state index in [1.165, 1.54) is 0 Å². The van der Waals surface area contributed by atoms with Gasteiger partial charge < -0.3 is 10.1 Å². The molecule has 5 heteroatoms. The van der Waals surface area contributed by atoms with E-state index in [1.54, 1.807) is 0 Å². The molecule has 122 valence electrons. The minimum absolute atomic E-state index is 0.0437. The van der Waals surface area contributed by atoms with E-state index in [-0.39, 0.29) is 17.5 Å². The fraction of sp³-hybridized carbons (Fsp3) is 0.333. The summed E-state index contributed by atoms with van der Waals surface area (Å²) in [4.78, 5) is 0. The first-order valence-electron chi connectivity index (χ1n) is 7.81. The molecule has 4 nitrogen and oxygen atoms in total. The van der Waals surface area contributed by atoms with Crippen LogP contribution < -0.4 is 10.1 Å². The minimum Gasteiger partial charge on any atom is -0.489 e. The second-order valence-corrected chi connectivity index (χ2v) is 8.09. The molecule has 2 aromatic rings. The van der Waals surface area contributed by atoms with Crippen LogP contribution in [-0.2, 0) is 23.0 Å². The van der Waals surface area contributed by atoms with Gasteiger partial charge in [-0.25, -0.2) is 8.42 Å². The lowest BCUT2D eigenvalue weighted by atomic mass is 10.1. The van der Waals surface area contributed by atoms with Crippen molar-refractivity contribution in [3.05, 3.63) is 65.7 Å². The van der Waals surface area contributed by atoms with Gasteiger partial charge in [-0.15, -0.1) is 0 Å². The molecule has 0 aromatic heterocycles. The van der Waals surface area contributed by atoms with Crippen molar-refractivity contribution in [3.63, 3.8) is 0 Å². The Morgan fingerprint density at radius 2 is 1.78 bits per heavy atom. The Labute approximate surface area is 137 Å². The van der Waals surface area contributed by atoms with Gasteiger partial charge in [-0.05, 0) is 18.1 Å². The maximum Gasteiger partial charge on any atom is 0.151 e. The number of sulfone groups is 1. The van der Waals surface area contributed by atoms with Crippen molar-refractivity contribution in [3.8, 4) is 5.75 Å². The van der Waals surface area contributed by atoms with Crippen LogP contribution in [0, 0.1) is 0 Å². The summed E-state index contributed by atoms with van der Waals surface area (Å²) in [7, 11) is -2.85. The average molecular weight is 331 g/mol. The van der Waals surface area contributed by atoms with Gasteiger partial charge >= 0.3 is 0 Å². The van der Waals surface area contributed by atoms with Gasteiger partial charge in [0.1, 0.15) is 12.4 Å². The molecule has 0 saturated carbocycles. The monoisotopic (exact) mass is 331 g/mol. The zero-order valence-electron chi connectivity index (χ0n) is 12.9. The van der Waals surface area contributed by atoms with Gasteiger partial charge in [0.05, 0.1) is 11.5 Å². The Bertz CT molecular complexity index is 744. The van der Waals surface area contributed by atoms with Gasteiger partial charge in [0.15, 0.2) is 9.84 Å². The zero-order chi connectivity index (χ0) is 16.1. The van der Waals surface area contributed by atoms with Gasteiger partial charge in [0, 0.05) is 18.2 Å². The Morgan fingerprint density at radius 1 is 1.04 bits per heavy atom. The molecule has 1 aliphatic heterocycles. The molecule has 23 heavy (non-hydrogen) atoms. The predicted molar refractivity (Wildman–Crippen MR) is 91.1 cm³/mol. The van der Waals surface area contributed by atoms with E-state index in [2.05, 4.69) is 5.32 Å². The zero-order valence-corrected chi connectivity index (χ0v) is 13.8. The molecule has 1 N–H and O–H groups in total. The van der Waals surface area contributed by atoms with Crippen LogP contribution in [-0.4, -0.2) is 26.0 Å². The van der Waals surface area contributed by atoms with Crippen LogP contribution in [0.25, 0.3) is 0 Å². The molecule has 0 unspecified atom stereocenters. The number of para-hydroxylation sites is 1. The van der Waals surface area contributed by atoms with Crippen LogP contribution in [0.4, 0.5) is 0 Å². The summed E-state index contributed by atoms with van der Waals surface area (Å²) >= 11 is 0. The van der Waals surface area contributed by atoms with Crippen molar-refractivity contribution >= 4 is 9.84 Å². The van der Waals surface area contributed by atoms with E-state index in [0.29, 0.717) is 19.6 Å². The molecule has 1 heterocycles. The number of benzene rings is 2. The highest BCUT2D eigenvalue weighted by molar-refractivity contribution is 7.91. The van der Waals surface area contributed by atoms with E-state index in [4.69, 9.17) is 4.74 Å². The minimum atomic E-state index is -2.85. The molecule has 3 rings (SSSR count). The normalized spacial score (nSPS) is 19.6. The molecular formula is C18H21NO3S. The molecule has 0 aliphatic carbocycles. The third kappa shape index (κ3) is 4.56. The molecule has 0 bridgehead atoms. The first-order valence-corrected chi connectivity index (χ1v) is 9.63. The lowest BCUT2D eigenvalue weighted by Gasteiger charge is -2.14. The van der Waals surface area contributed by atoms with E-state index in [0.717, 1.165) is 16.9 Å². The first kappa shape index (κ1) is 16.0. The molecule has 0 radical (unpaired) electrons. The molecule has 2 aromatic carbocycles. The number of ether oxygens (including phenoxy) is 1. The fourth-order valence-electron chi connectivity index (χ4n) is 2.74. The second kappa shape index (κ2) is 7.15. The van der Waals surface area contributed by atoms with Gasteiger partial charge in [-0.1, -0.05) is 48.5 Å². The summed E-state index contributed by atoms with van der Waals surface area (Å²) in [6, 6.07) is 18.0. The van der Waals surface area contributed by atoms with Crippen LogP contribution in [0.2, 0.25) is 0 Å². The number of rotatable bonds is 6. The molecule has 0 spiro atoms. The highest BCUT2D eigenvalue weighted by atomic mass is 32.2. The molecule has 1 saturated heterocycles. The maximum absolute atomic E-state index is 11.5. The van der Waals surface area contributed by atoms with Crippen molar-refractivity contribution in [2.24, 2.45) is 0 Å². The van der Waals surface area contributed by atoms with Crippen LogP contribution in [0.1, 0.15) is 17.5 Å². The van der Waals surface area contributed by atoms with Crippen LogP contribution in [0.5, 0.6) is 5.75 Å². The molecule has 0 amide bonds. The summed E-state index contributed by atoms with van der Waals surface area (Å²) < 4.78 is 28.9. The Balaban J connectivity index is 1.59. The van der Waals surface area contributed by atoms with Crippen molar-refractivity contribution < 1.29 is 13.2 Å². The quantitative estimate of drug-likeness (QED) is 0.884. The van der Waals surface area contributed by atoms with Crippen molar-refractivity contribution in [1.82, 2.24) is 5.32 Å². The largest absolute Gasteiger partial charge is 0.489 e. The first-order chi connectivity index (χ1) is 11.1. The third-order valence-electron chi connectivity index (χ3n) is 4.02. The van der Waals surface area contributed by atoms with Crippen molar-refractivity contribution in [2.45, 2.75) is 25.6 Å². The van der Waals surface area contributed by atoms with Crippen LogP contribution >= 0.6 is 0 Å². The molecule has 1 atom stereocenters. The average Bonchev–Trinajstić information content (AvgIpc) is 2.92. The Kier molecular flexibility index (Phi) is 4.98. The molecular weight excluding hydrogens is 310 g/mol. The lowest BCUT2D eigenvalue weighted by Crippen LogP contribution is -2.29. The summed E-state index contributed by atoms with van der Waals surface area (Å²) in [5, 5.41) is 3.33. The highest BCUT2D eigenvalue weighted by Gasteiger charge is 2.27. The van der Waals surface area contributed by atoms with Crippen LogP contribution in [0.15, 0.2) is 54.6 Å². The Hall–Kier alpha value is -1.85. The third-order valence-corrected chi connectivity index (χ3v) is 5.79. The van der Waals surface area contributed by atoms with E-state index in [9.17, 15) is 8.42 Å². The van der Waals surface area contributed by atoms with Crippen LogP contribution in [0.3, 0.4) is 0 Å². The highest BCUT2D eigenvalue weighted by Crippen LogP contribution is 2.20. The number of nitrogens with one attached hydrogen (secondary N) is 1. The SMILES string of the molecule is O=S1(=O)CC[C@@H](NCc2ccccc2OCc2ccccc2)C1. The second-order valence-electron chi connectivity index (χ2n) is 5.86. The smallest absolute Gasteiger partial charge is 0.151 e. The maximum atomic E-state index is 11.5. The van der Waals surface area contributed by atoms with Gasteiger partial charge in [0.25, 0.3) is 0 Å². The molecule has 1 aliphatic rings. The van der Waals surface area contributed by atoms with Crippen molar-refractivity contribution in [1.29, 1.82) is 0 Å². The van der Waals surface area contributed by atoms with Crippen molar-refractivity contribution in [2.75, 3.05) is 11.5 Å². The number of hydrogen-bond acceptors (Lipinski definition) is 4. The Morgan fingerprint density at radius 3 is 2.52 bits per heavy atom. The number of hydrogen-bond donors (Lipinski definition) is 1. The van der Waals surface area contributed by atoms with Gasteiger partial charge in [0.2, 0.25) is 0 Å². The summed E-state index contributed by atoms with van der Waals surface area (Å²) in [5.74, 6) is 1.36.